The highest BCUT2D eigenvalue weighted by atomic mass is 79.9. The third-order valence-corrected chi connectivity index (χ3v) is 2.77. The minimum Gasteiger partial charge on any atom is -0.258 e. The Morgan fingerprint density at radius 2 is 2.13 bits per heavy atom. The molecule has 2 rings (SSSR count). The van der Waals surface area contributed by atoms with E-state index in [9.17, 15) is 10.1 Å². The van der Waals surface area contributed by atoms with Crippen LogP contribution in [0.3, 0.4) is 0 Å². The maximum absolute atomic E-state index is 10.7. The van der Waals surface area contributed by atoms with Crippen LogP contribution in [0, 0.1) is 10.1 Å². The number of nitro benzene ring substituents is 1. The number of benzene rings is 1. The van der Waals surface area contributed by atoms with Gasteiger partial charge in [0, 0.05) is 11.5 Å². The zero-order valence-electron chi connectivity index (χ0n) is 7.28. The molecule has 0 spiro atoms. The van der Waals surface area contributed by atoms with Crippen LogP contribution in [0.25, 0.3) is 10.9 Å². The van der Waals surface area contributed by atoms with Gasteiger partial charge in [-0.05, 0) is 34.1 Å². The molecule has 0 aliphatic rings. The normalized spacial score (nSPS) is 10.5. The number of nitro groups is 1. The number of pyridine rings is 1. The number of hydrogen-bond acceptors (Lipinski definition) is 3. The average molecular weight is 288 g/mol. The summed E-state index contributed by atoms with van der Waals surface area (Å²) in [6, 6.07) is 6.45. The molecule has 0 radical (unpaired) electrons. The van der Waals surface area contributed by atoms with E-state index in [0.717, 1.165) is 5.39 Å². The Hall–Kier alpha value is -1.20. The van der Waals surface area contributed by atoms with Crippen LogP contribution >= 0.6 is 27.5 Å². The molecule has 0 saturated carbocycles. The predicted molar refractivity (Wildman–Crippen MR) is 61.1 cm³/mol. The highest BCUT2D eigenvalue weighted by Crippen LogP contribution is 2.29. The van der Waals surface area contributed by atoms with Gasteiger partial charge in [-0.15, -0.1) is 0 Å². The first-order valence-electron chi connectivity index (χ1n) is 3.98. The number of hydrogen-bond donors (Lipinski definition) is 0. The Labute approximate surface area is 98.2 Å². The molecule has 76 valence electrons. The molecule has 0 bridgehead atoms. The molecule has 15 heavy (non-hydrogen) atoms. The minimum absolute atomic E-state index is 0.0164. The lowest BCUT2D eigenvalue weighted by molar-refractivity contribution is -0.385. The van der Waals surface area contributed by atoms with Crippen LogP contribution in [0.1, 0.15) is 0 Å². The van der Waals surface area contributed by atoms with Gasteiger partial charge < -0.3 is 0 Å². The molecule has 1 heterocycles. The molecule has 0 aliphatic carbocycles. The molecule has 4 nitrogen and oxygen atoms in total. The largest absolute Gasteiger partial charge is 0.285 e. The fourth-order valence-electron chi connectivity index (χ4n) is 1.25. The molecule has 0 amide bonds. The van der Waals surface area contributed by atoms with E-state index in [1.807, 2.05) is 0 Å². The average Bonchev–Trinajstić information content (AvgIpc) is 2.17. The summed E-state index contributed by atoms with van der Waals surface area (Å²) >= 11 is 8.83. The number of halogens is 2. The van der Waals surface area contributed by atoms with E-state index in [1.54, 1.807) is 18.2 Å². The summed E-state index contributed by atoms with van der Waals surface area (Å²) in [4.78, 5) is 14.2. The Balaban J connectivity index is 2.77. The molecular weight excluding hydrogens is 283 g/mol. The van der Waals surface area contributed by atoms with Crippen molar-refractivity contribution in [2.24, 2.45) is 0 Å². The molecule has 6 heteroatoms. The van der Waals surface area contributed by atoms with E-state index in [-0.39, 0.29) is 5.69 Å². The van der Waals surface area contributed by atoms with Crippen molar-refractivity contribution in [3.05, 3.63) is 44.0 Å². The van der Waals surface area contributed by atoms with Crippen molar-refractivity contribution >= 4 is 44.1 Å². The quantitative estimate of drug-likeness (QED) is 0.458. The molecule has 0 N–H and O–H groups in total. The van der Waals surface area contributed by atoms with Crippen molar-refractivity contribution in [2.75, 3.05) is 0 Å². The Morgan fingerprint density at radius 3 is 2.80 bits per heavy atom. The van der Waals surface area contributed by atoms with E-state index in [1.165, 1.54) is 6.07 Å². The smallest absolute Gasteiger partial charge is 0.258 e. The van der Waals surface area contributed by atoms with Crippen LogP contribution in [0.2, 0.25) is 5.15 Å². The second kappa shape index (κ2) is 3.75. The Morgan fingerprint density at radius 1 is 1.40 bits per heavy atom. The lowest BCUT2D eigenvalue weighted by Crippen LogP contribution is -1.90. The number of fused-ring (bicyclic) bond motifs is 1. The molecule has 1 aromatic carbocycles. The highest BCUT2D eigenvalue weighted by molar-refractivity contribution is 9.10. The van der Waals surface area contributed by atoms with Gasteiger partial charge in [-0.3, -0.25) is 10.1 Å². The van der Waals surface area contributed by atoms with Gasteiger partial charge in [-0.1, -0.05) is 11.6 Å². The maximum atomic E-state index is 10.7. The monoisotopic (exact) mass is 286 g/mol. The lowest BCUT2D eigenvalue weighted by Gasteiger charge is -1.99. The molecule has 0 saturated heterocycles. The van der Waals surface area contributed by atoms with Gasteiger partial charge in [0.15, 0.2) is 0 Å². The van der Waals surface area contributed by atoms with Crippen LogP contribution in [0.5, 0.6) is 0 Å². The van der Waals surface area contributed by atoms with Gasteiger partial charge in [-0.2, -0.15) is 0 Å². The zero-order valence-corrected chi connectivity index (χ0v) is 9.62. The zero-order chi connectivity index (χ0) is 11.0. The minimum atomic E-state index is -0.466. The van der Waals surface area contributed by atoms with E-state index >= 15 is 0 Å². The Bertz CT molecular complexity index is 559. The van der Waals surface area contributed by atoms with Crippen molar-refractivity contribution in [2.45, 2.75) is 0 Å². The first-order valence-corrected chi connectivity index (χ1v) is 5.15. The predicted octanol–water partition coefficient (Wildman–Crippen LogP) is 3.56. The number of nitrogens with zero attached hydrogens (tertiary/aromatic N) is 2. The highest BCUT2D eigenvalue weighted by Gasteiger charge is 2.13. The summed E-state index contributed by atoms with van der Waals surface area (Å²) in [5.74, 6) is 0. The molecule has 1 aromatic heterocycles. The topological polar surface area (TPSA) is 56.0 Å². The van der Waals surface area contributed by atoms with Gasteiger partial charge in [-0.25, -0.2) is 4.98 Å². The SMILES string of the molecule is O=[N+]([O-])c1cc2nc(Cl)ccc2cc1Br. The maximum Gasteiger partial charge on any atom is 0.285 e. The number of aromatic nitrogens is 1. The Kier molecular flexibility index (Phi) is 2.58. The van der Waals surface area contributed by atoms with Crippen LogP contribution in [0.4, 0.5) is 5.69 Å². The summed E-state index contributed by atoms with van der Waals surface area (Å²) in [5, 5.41) is 11.8. The van der Waals surface area contributed by atoms with Gasteiger partial charge in [0.1, 0.15) is 5.15 Å². The van der Waals surface area contributed by atoms with Crippen LogP contribution in [-0.4, -0.2) is 9.91 Å². The van der Waals surface area contributed by atoms with E-state index < -0.39 is 4.92 Å². The van der Waals surface area contributed by atoms with Crippen molar-refractivity contribution in [3.63, 3.8) is 0 Å². The second-order valence-electron chi connectivity index (χ2n) is 2.89. The standard InChI is InChI=1S/C9H4BrClN2O2/c10-6-3-5-1-2-9(11)12-7(5)4-8(6)13(14)15/h1-4H. The first kappa shape index (κ1) is 10.3. The van der Waals surface area contributed by atoms with Gasteiger partial charge in [0.2, 0.25) is 0 Å². The fourth-order valence-corrected chi connectivity index (χ4v) is 1.91. The first-order chi connectivity index (χ1) is 7.08. The summed E-state index contributed by atoms with van der Waals surface area (Å²) < 4.78 is 0.434. The molecule has 0 aliphatic heterocycles. The van der Waals surface area contributed by atoms with Crippen molar-refractivity contribution in [1.82, 2.24) is 4.98 Å². The van der Waals surface area contributed by atoms with Crippen molar-refractivity contribution < 1.29 is 4.92 Å². The summed E-state index contributed by atoms with van der Waals surface area (Å²) in [6.45, 7) is 0. The summed E-state index contributed by atoms with van der Waals surface area (Å²) in [7, 11) is 0. The van der Waals surface area contributed by atoms with E-state index in [2.05, 4.69) is 20.9 Å². The van der Waals surface area contributed by atoms with Gasteiger partial charge in [0.05, 0.1) is 14.9 Å². The second-order valence-corrected chi connectivity index (χ2v) is 4.13. The van der Waals surface area contributed by atoms with Crippen LogP contribution < -0.4 is 0 Å². The van der Waals surface area contributed by atoms with E-state index in [4.69, 9.17) is 11.6 Å². The third kappa shape index (κ3) is 1.93. The molecule has 0 unspecified atom stereocenters. The number of rotatable bonds is 1. The van der Waals surface area contributed by atoms with Crippen molar-refractivity contribution in [3.8, 4) is 0 Å². The van der Waals surface area contributed by atoms with E-state index in [0.29, 0.717) is 15.1 Å². The van der Waals surface area contributed by atoms with Crippen LogP contribution in [0.15, 0.2) is 28.7 Å². The summed E-state index contributed by atoms with van der Waals surface area (Å²) in [6.07, 6.45) is 0. The van der Waals surface area contributed by atoms with Crippen LogP contribution in [-0.2, 0) is 0 Å². The lowest BCUT2D eigenvalue weighted by atomic mass is 10.2. The fraction of sp³-hybridized carbons (Fsp3) is 0. The van der Waals surface area contributed by atoms with Gasteiger partial charge >= 0.3 is 0 Å². The van der Waals surface area contributed by atoms with Gasteiger partial charge in [0.25, 0.3) is 5.69 Å². The molecule has 0 fully saturated rings. The van der Waals surface area contributed by atoms with Crippen molar-refractivity contribution in [1.29, 1.82) is 0 Å². The molecular formula is C9H4BrClN2O2. The molecule has 0 atom stereocenters. The molecule has 2 aromatic rings. The third-order valence-electron chi connectivity index (χ3n) is 1.92. The summed E-state index contributed by atoms with van der Waals surface area (Å²) in [5.41, 5.74) is 0.495.